The molecule has 17 heavy (non-hydrogen) atoms. The highest BCUT2D eigenvalue weighted by molar-refractivity contribution is 5.82. The van der Waals surface area contributed by atoms with Crippen LogP contribution in [0.15, 0.2) is 0 Å². The van der Waals surface area contributed by atoms with E-state index in [1.165, 1.54) is 0 Å². The van der Waals surface area contributed by atoms with Gasteiger partial charge in [0.25, 0.3) is 0 Å². The fraction of sp³-hybridized carbons (Fsp3) is 0.923. The van der Waals surface area contributed by atoms with Crippen molar-refractivity contribution in [2.75, 3.05) is 33.9 Å². The third-order valence-corrected chi connectivity index (χ3v) is 4.50. The molecular weight excluding hydrogens is 216 g/mol. The molecule has 1 aliphatic heterocycles. The summed E-state index contributed by atoms with van der Waals surface area (Å²) in [5.41, 5.74) is 0.337. The van der Waals surface area contributed by atoms with Gasteiger partial charge in [0, 0.05) is 20.1 Å². The van der Waals surface area contributed by atoms with E-state index >= 15 is 0 Å². The lowest BCUT2D eigenvalue weighted by molar-refractivity contribution is -0.135. The maximum Gasteiger partial charge on any atom is 0.226 e. The third kappa shape index (κ3) is 2.47. The molecule has 1 saturated carbocycles. The van der Waals surface area contributed by atoms with E-state index in [-0.39, 0.29) is 12.0 Å². The number of carbonyl (C=O) groups is 1. The zero-order valence-electron chi connectivity index (χ0n) is 11.2. The van der Waals surface area contributed by atoms with Crippen LogP contribution in [0.5, 0.6) is 0 Å². The molecule has 0 aromatic heterocycles. The lowest BCUT2D eigenvalue weighted by atomic mass is 9.91. The molecule has 0 bridgehead atoms. The monoisotopic (exact) mass is 240 g/mol. The Morgan fingerprint density at radius 3 is 2.76 bits per heavy atom. The summed E-state index contributed by atoms with van der Waals surface area (Å²) in [6.07, 6.45) is 3.42. The number of amides is 1. The molecular formula is C13H24N2O2. The molecule has 2 unspecified atom stereocenters. The number of piperidine rings is 1. The molecule has 1 amide bonds. The van der Waals surface area contributed by atoms with Crippen LogP contribution in [0.25, 0.3) is 0 Å². The van der Waals surface area contributed by atoms with Gasteiger partial charge in [-0.25, -0.2) is 0 Å². The Kier molecular flexibility index (Phi) is 3.73. The van der Waals surface area contributed by atoms with Crippen molar-refractivity contribution < 1.29 is 9.53 Å². The summed E-state index contributed by atoms with van der Waals surface area (Å²) >= 11 is 0. The van der Waals surface area contributed by atoms with E-state index in [2.05, 4.69) is 5.32 Å². The Morgan fingerprint density at radius 2 is 2.18 bits per heavy atom. The molecule has 98 valence electrons. The first-order valence-electron chi connectivity index (χ1n) is 6.57. The number of hydrogen-bond donors (Lipinski definition) is 1. The molecule has 2 aliphatic rings. The van der Waals surface area contributed by atoms with Crippen LogP contribution in [0.1, 0.15) is 26.2 Å². The second-order valence-corrected chi connectivity index (χ2v) is 5.62. The summed E-state index contributed by atoms with van der Waals surface area (Å²) in [6.45, 7) is 4.80. The van der Waals surface area contributed by atoms with Gasteiger partial charge in [-0.3, -0.25) is 4.79 Å². The molecule has 1 spiro atoms. The summed E-state index contributed by atoms with van der Waals surface area (Å²) < 4.78 is 5.11. The van der Waals surface area contributed by atoms with Crippen molar-refractivity contribution in [2.45, 2.75) is 32.2 Å². The summed E-state index contributed by atoms with van der Waals surface area (Å²) in [5.74, 6) is 0.588. The van der Waals surface area contributed by atoms with Gasteiger partial charge in [-0.2, -0.15) is 0 Å². The van der Waals surface area contributed by atoms with Crippen LogP contribution in [0.2, 0.25) is 0 Å². The van der Waals surface area contributed by atoms with E-state index in [1.807, 2.05) is 18.9 Å². The van der Waals surface area contributed by atoms with E-state index in [1.54, 1.807) is 7.11 Å². The van der Waals surface area contributed by atoms with Gasteiger partial charge in [-0.15, -0.1) is 0 Å². The van der Waals surface area contributed by atoms with Crippen LogP contribution in [-0.4, -0.2) is 50.7 Å². The zero-order valence-corrected chi connectivity index (χ0v) is 11.2. The second-order valence-electron chi connectivity index (χ2n) is 5.62. The fourth-order valence-corrected chi connectivity index (χ4v) is 2.99. The molecule has 2 atom stereocenters. The van der Waals surface area contributed by atoms with Gasteiger partial charge in [-0.1, -0.05) is 0 Å². The molecule has 1 N–H and O–H groups in total. The molecule has 2 rings (SSSR count). The molecule has 4 nitrogen and oxygen atoms in total. The summed E-state index contributed by atoms with van der Waals surface area (Å²) in [6, 6.07) is 0.173. The molecule has 1 aliphatic carbocycles. The summed E-state index contributed by atoms with van der Waals surface area (Å²) in [5, 5.41) is 3.37. The van der Waals surface area contributed by atoms with Gasteiger partial charge in [0.15, 0.2) is 0 Å². The lowest BCUT2D eigenvalue weighted by Gasteiger charge is -2.28. The Labute approximate surface area is 104 Å². The van der Waals surface area contributed by atoms with Crippen LogP contribution in [0.3, 0.4) is 0 Å². The minimum atomic E-state index is 0.173. The average molecular weight is 240 g/mol. The van der Waals surface area contributed by atoms with Crippen molar-refractivity contribution in [1.29, 1.82) is 0 Å². The third-order valence-electron chi connectivity index (χ3n) is 4.50. The maximum atomic E-state index is 12.3. The molecule has 4 heteroatoms. The number of carbonyl (C=O) groups excluding carboxylic acids is 1. The molecule has 1 saturated heterocycles. The number of hydrogen-bond acceptors (Lipinski definition) is 3. The molecule has 0 radical (unpaired) electrons. The number of likely N-dealkylation sites (N-methyl/N-ethyl adjacent to an activating group) is 1. The highest BCUT2D eigenvalue weighted by atomic mass is 16.5. The first-order chi connectivity index (χ1) is 8.10. The summed E-state index contributed by atoms with van der Waals surface area (Å²) in [4.78, 5) is 14.2. The Balaban J connectivity index is 1.89. The second kappa shape index (κ2) is 4.94. The van der Waals surface area contributed by atoms with Gasteiger partial charge in [0.1, 0.15) is 0 Å². The van der Waals surface area contributed by atoms with Crippen molar-refractivity contribution in [2.24, 2.45) is 11.3 Å². The van der Waals surface area contributed by atoms with E-state index in [9.17, 15) is 4.79 Å². The van der Waals surface area contributed by atoms with Crippen molar-refractivity contribution in [1.82, 2.24) is 10.2 Å². The van der Waals surface area contributed by atoms with Gasteiger partial charge < -0.3 is 15.0 Å². The molecule has 2 fully saturated rings. The standard InChI is InChI=1S/C13H24N2O2/c1-10(9-17-3)15(2)12(16)11-8-13(11)4-6-14-7-5-13/h10-11,14H,4-9H2,1-3H3. The topological polar surface area (TPSA) is 41.6 Å². The number of rotatable bonds is 4. The van der Waals surface area contributed by atoms with E-state index in [0.717, 1.165) is 32.4 Å². The van der Waals surface area contributed by atoms with E-state index in [0.29, 0.717) is 17.9 Å². The van der Waals surface area contributed by atoms with E-state index < -0.39 is 0 Å². The van der Waals surface area contributed by atoms with Gasteiger partial charge >= 0.3 is 0 Å². The molecule has 0 aromatic carbocycles. The summed E-state index contributed by atoms with van der Waals surface area (Å²) in [7, 11) is 3.58. The van der Waals surface area contributed by atoms with Crippen molar-refractivity contribution in [3.05, 3.63) is 0 Å². The van der Waals surface area contributed by atoms with Gasteiger partial charge in [-0.05, 0) is 44.7 Å². The number of nitrogens with zero attached hydrogens (tertiary/aromatic N) is 1. The highest BCUT2D eigenvalue weighted by Crippen LogP contribution is 2.59. The molecule has 1 heterocycles. The van der Waals surface area contributed by atoms with E-state index in [4.69, 9.17) is 4.74 Å². The first-order valence-corrected chi connectivity index (χ1v) is 6.57. The number of nitrogens with one attached hydrogen (secondary N) is 1. The first kappa shape index (κ1) is 12.8. The minimum Gasteiger partial charge on any atom is -0.383 e. The van der Waals surface area contributed by atoms with Crippen molar-refractivity contribution in [3.8, 4) is 0 Å². The SMILES string of the molecule is COCC(C)N(C)C(=O)C1CC12CCNCC2. The largest absolute Gasteiger partial charge is 0.383 e. The molecule has 0 aromatic rings. The number of ether oxygens (including phenoxy) is 1. The van der Waals surface area contributed by atoms with Crippen LogP contribution in [0, 0.1) is 11.3 Å². The smallest absolute Gasteiger partial charge is 0.226 e. The normalized spacial score (nSPS) is 27.8. The quantitative estimate of drug-likeness (QED) is 0.793. The van der Waals surface area contributed by atoms with Crippen LogP contribution < -0.4 is 5.32 Å². The highest BCUT2D eigenvalue weighted by Gasteiger charge is 2.58. The minimum absolute atomic E-state index is 0.173. The number of methoxy groups -OCH3 is 1. The van der Waals surface area contributed by atoms with Crippen LogP contribution in [-0.2, 0) is 9.53 Å². The van der Waals surface area contributed by atoms with Crippen LogP contribution >= 0.6 is 0 Å². The van der Waals surface area contributed by atoms with Gasteiger partial charge in [0.2, 0.25) is 5.91 Å². The Morgan fingerprint density at radius 1 is 1.53 bits per heavy atom. The fourth-order valence-electron chi connectivity index (χ4n) is 2.99. The lowest BCUT2D eigenvalue weighted by Crippen LogP contribution is -2.40. The van der Waals surface area contributed by atoms with Crippen molar-refractivity contribution in [3.63, 3.8) is 0 Å². The van der Waals surface area contributed by atoms with Crippen molar-refractivity contribution >= 4 is 5.91 Å². The Bertz CT molecular complexity index is 287. The average Bonchev–Trinajstić information content (AvgIpc) is 3.02. The maximum absolute atomic E-state index is 12.3. The predicted molar refractivity (Wildman–Crippen MR) is 66.8 cm³/mol. The predicted octanol–water partition coefficient (Wildman–Crippen LogP) is 0.869. The zero-order chi connectivity index (χ0) is 12.5. The van der Waals surface area contributed by atoms with Gasteiger partial charge in [0.05, 0.1) is 12.6 Å². The Hall–Kier alpha value is -0.610. The van der Waals surface area contributed by atoms with Crippen LogP contribution in [0.4, 0.5) is 0 Å².